The third-order valence-corrected chi connectivity index (χ3v) is 3.21. The number of halogens is 2. The molecule has 0 aliphatic carbocycles. The Balaban J connectivity index is 3.24. The Labute approximate surface area is 120 Å². The lowest BCUT2D eigenvalue weighted by Gasteiger charge is -2.10. The molecule has 1 aromatic rings. The van der Waals surface area contributed by atoms with Crippen molar-refractivity contribution in [3.8, 4) is 0 Å². The molecular weight excluding hydrogens is 319 g/mol. The van der Waals surface area contributed by atoms with E-state index in [1.54, 1.807) is 32.0 Å². The zero-order valence-electron chi connectivity index (χ0n) is 10.2. The largest absolute Gasteiger partial charge is 0.462 e. The van der Waals surface area contributed by atoms with Crippen LogP contribution in [-0.4, -0.2) is 23.7 Å². The summed E-state index contributed by atoms with van der Waals surface area (Å²) in [5, 5.41) is -0.0729. The highest BCUT2D eigenvalue weighted by Gasteiger charge is 2.21. The Morgan fingerprint density at radius 3 is 2.56 bits per heavy atom. The molecule has 1 atom stereocenters. The minimum Gasteiger partial charge on any atom is -0.462 e. The number of esters is 1. The van der Waals surface area contributed by atoms with Crippen molar-refractivity contribution >= 4 is 39.3 Å². The zero-order chi connectivity index (χ0) is 13.7. The molecule has 98 valence electrons. The van der Waals surface area contributed by atoms with Crippen molar-refractivity contribution in [1.82, 2.24) is 0 Å². The molecule has 0 amide bonds. The smallest absolute Gasteiger partial charge is 0.338 e. The quantitative estimate of drug-likeness (QED) is 0.470. The Hall–Kier alpha value is -0.870. The van der Waals surface area contributed by atoms with Crippen LogP contribution in [0.5, 0.6) is 0 Å². The summed E-state index contributed by atoms with van der Waals surface area (Å²) < 4.78 is 4.93. The number of benzene rings is 1. The standard InChI is InChI=1S/C13H14BrClO3/c1-3-18-13(17)10-5-4-9(7-14)6-11(10)12(16)8(2)15/h4-6,8H,3,7H2,1-2H3. The number of alkyl halides is 2. The third-order valence-electron chi connectivity index (χ3n) is 2.36. The number of rotatable bonds is 5. The average Bonchev–Trinajstić information content (AvgIpc) is 2.37. The van der Waals surface area contributed by atoms with Crippen molar-refractivity contribution in [2.24, 2.45) is 0 Å². The maximum Gasteiger partial charge on any atom is 0.338 e. The summed E-state index contributed by atoms with van der Waals surface area (Å²) >= 11 is 9.11. The summed E-state index contributed by atoms with van der Waals surface area (Å²) in [5.41, 5.74) is 1.48. The Morgan fingerprint density at radius 2 is 2.06 bits per heavy atom. The molecule has 0 heterocycles. The highest BCUT2D eigenvalue weighted by atomic mass is 79.9. The van der Waals surface area contributed by atoms with E-state index in [4.69, 9.17) is 16.3 Å². The van der Waals surface area contributed by atoms with Gasteiger partial charge in [0.2, 0.25) is 0 Å². The van der Waals surface area contributed by atoms with Crippen LogP contribution < -0.4 is 0 Å². The first-order valence-electron chi connectivity index (χ1n) is 5.55. The summed E-state index contributed by atoms with van der Waals surface area (Å²) in [6, 6.07) is 5.04. The van der Waals surface area contributed by atoms with Crippen molar-refractivity contribution in [3.63, 3.8) is 0 Å². The normalized spacial score (nSPS) is 12.0. The van der Waals surface area contributed by atoms with Gasteiger partial charge in [0.15, 0.2) is 5.78 Å². The summed E-state index contributed by atoms with van der Waals surface area (Å²) in [6.07, 6.45) is 0. The lowest BCUT2D eigenvalue weighted by Crippen LogP contribution is -2.17. The zero-order valence-corrected chi connectivity index (χ0v) is 12.5. The van der Waals surface area contributed by atoms with Gasteiger partial charge in [-0.2, -0.15) is 0 Å². The van der Waals surface area contributed by atoms with Crippen LogP contribution in [0.4, 0.5) is 0 Å². The number of hydrogen-bond acceptors (Lipinski definition) is 3. The lowest BCUT2D eigenvalue weighted by molar-refractivity contribution is 0.0523. The van der Waals surface area contributed by atoms with Crippen molar-refractivity contribution in [3.05, 3.63) is 34.9 Å². The first-order valence-corrected chi connectivity index (χ1v) is 7.11. The van der Waals surface area contributed by atoms with E-state index in [0.29, 0.717) is 10.9 Å². The summed E-state index contributed by atoms with van der Waals surface area (Å²) in [5.74, 6) is -0.776. The highest BCUT2D eigenvalue weighted by molar-refractivity contribution is 9.08. The van der Waals surface area contributed by atoms with E-state index in [2.05, 4.69) is 15.9 Å². The molecule has 1 aromatic carbocycles. The van der Waals surface area contributed by atoms with Crippen LogP contribution in [-0.2, 0) is 10.1 Å². The van der Waals surface area contributed by atoms with Crippen LogP contribution >= 0.6 is 27.5 Å². The Bertz CT molecular complexity index is 458. The number of ether oxygens (including phenoxy) is 1. The molecule has 0 aliphatic heterocycles. The first kappa shape index (κ1) is 15.2. The van der Waals surface area contributed by atoms with E-state index in [1.807, 2.05) is 0 Å². The molecule has 18 heavy (non-hydrogen) atoms. The predicted octanol–water partition coefficient (Wildman–Crippen LogP) is 3.57. The molecule has 0 aliphatic rings. The highest BCUT2D eigenvalue weighted by Crippen LogP contribution is 2.19. The van der Waals surface area contributed by atoms with E-state index < -0.39 is 11.3 Å². The molecule has 0 N–H and O–H groups in total. The maximum atomic E-state index is 12.0. The minimum absolute atomic E-state index is 0.263. The van der Waals surface area contributed by atoms with E-state index in [1.165, 1.54) is 0 Å². The van der Waals surface area contributed by atoms with Gasteiger partial charge in [0.25, 0.3) is 0 Å². The van der Waals surface area contributed by atoms with Crippen molar-refractivity contribution in [2.75, 3.05) is 6.61 Å². The molecule has 0 bridgehead atoms. The summed E-state index contributed by atoms with van der Waals surface area (Å²) in [6.45, 7) is 3.57. The van der Waals surface area contributed by atoms with E-state index in [9.17, 15) is 9.59 Å². The molecular formula is C13H14BrClO3. The predicted molar refractivity (Wildman–Crippen MR) is 74.7 cm³/mol. The maximum absolute atomic E-state index is 12.0. The molecule has 0 saturated heterocycles. The topological polar surface area (TPSA) is 43.4 Å². The molecule has 1 unspecified atom stereocenters. The number of carbonyl (C=O) groups is 2. The SMILES string of the molecule is CCOC(=O)c1ccc(CBr)cc1C(=O)C(C)Cl. The molecule has 5 heteroatoms. The fraction of sp³-hybridized carbons (Fsp3) is 0.385. The van der Waals surface area contributed by atoms with Gasteiger partial charge in [-0.05, 0) is 31.5 Å². The number of hydrogen-bond donors (Lipinski definition) is 0. The lowest BCUT2D eigenvalue weighted by atomic mass is 9.99. The fourth-order valence-corrected chi connectivity index (χ4v) is 1.95. The fourth-order valence-electron chi connectivity index (χ4n) is 1.48. The van der Waals surface area contributed by atoms with E-state index in [0.717, 1.165) is 5.56 Å². The number of carbonyl (C=O) groups excluding carboxylic acids is 2. The van der Waals surface area contributed by atoms with Crippen LogP contribution in [0.2, 0.25) is 0 Å². The van der Waals surface area contributed by atoms with Crippen LogP contribution in [0.15, 0.2) is 18.2 Å². The molecule has 0 radical (unpaired) electrons. The molecule has 1 rings (SSSR count). The minimum atomic E-state index is -0.677. The van der Waals surface area contributed by atoms with Crippen LogP contribution in [0, 0.1) is 0 Å². The summed E-state index contributed by atoms with van der Waals surface area (Å²) in [7, 11) is 0. The Kier molecular flexibility index (Phi) is 5.82. The monoisotopic (exact) mass is 332 g/mol. The van der Waals surface area contributed by atoms with Crippen LogP contribution in [0.3, 0.4) is 0 Å². The molecule has 0 fully saturated rings. The van der Waals surface area contributed by atoms with Gasteiger partial charge in [0, 0.05) is 10.9 Å². The molecule has 0 saturated carbocycles. The third kappa shape index (κ3) is 3.56. The van der Waals surface area contributed by atoms with Crippen molar-refractivity contribution in [1.29, 1.82) is 0 Å². The van der Waals surface area contributed by atoms with Gasteiger partial charge in [0.1, 0.15) is 0 Å². The van der Waals surface area contributed by atoms with Crippen molar-refractivity contribution in [2.45, 2.75) is 24.6 Å². The second-order valence-electron chi connectivity index (χ2n) is 3.71. The van der Waals surface area contributed by atoms with Crippen LogP contribution in [0.25, 0.3) is 0 Å². The van der Waals surface area contributed by atoms with Gasteiger partial charge in [-0.25, -0.2) is 4.79 Å². The van der Waals surface area contributed by atoms with Gasteiger partial charge in [-0.15, -0.1) is 11.6 Å². The van der Waals surface area contributed by atoms with Gasteiger partial charge < -0.3 is 4.74 Å². The Morgan fingerprint density at radius 1 is 1.39 bits per heavy atom. The second kappa shape index (κ2) is 6.90. The summed E-state index contributed by atoms with van der Waals surface area (Å²) in [4.78, 5) is 23.8. The van der Waals surface area contributed by atoms with E-state index >= 15 is 0 Å². The first-order chi connectivity index (χ1) is 8.51. The van der Waals surface area contributed by atoms with Gasteiger partial charge >= 0.3 is 5.97 Å². The number of Topliss-reactive ketones (excluding diaryl/α,β-unsaturated/α-hetero) is 1. The molecule has 3 nitrogen and oxygen atoms in total. The van der Waals surface area contributed by atoms with Crippen LogP contribution in [0.1, 0.15) is 40.1 Å². The van der Waals surface area contributed by atoms with Gasteiger partial charge in [-0.3, -0.25) is 4.79 Å². The number of ketones is 1. The average molecular weight is 334 g/mol. The second-order valence-corrected chi connectivity index (χ2v) is 4.93. The van der Waals surface area contributed by atoms with Gasteiger partial charge in [0.05, 0.1) is 17.5 Å². The molecule has 0 aromatic heterocycles. The van der Waals surface area contributed by atoms with E-state index in [-0.39, 0.29) is 18.0 Å². The van der Waals surface area contributed by atoms with Crippen molar-refractivity contribution < 1.29 is 14.3 Å². The molecule has 0 spiro atoms. The van der Waals surface area contributed by atoms with Gasteiger partial charge in [-0.1, -0.05) is 22.0 Å².